The van der Waals surface area contributed by atoms with E-state index >= 15 is 0 Å². The van der Waals surface area contributed by atoms with Crippen LogP contribution in [0.2, 0.25) is 0 Å². The van der Waals surface area contributed by atoms with Crippen molar-refractivity contribution in [1.29, 1.82) is 0 Å². The third-order valence-electron chi connectivity index (χ3n) is 4.45. The molecular formula is C21H23N3O2S. The molecule has 0 radical (unpaired) electrons. The summed E-state index contributed by atoms with van der Waals surface area (Å²) in [6, 6.07) is 15.7. The van der Waals surface area contributed by atoms with E-state index in [0.717, 1.165) is 28.9 Å². The summed E-state index contributed by atoms with van der Waals surface area (Å²) in [4.78, 5) is 14.5. The van der Waals surface area contributed by atoms with Gasteiger partial charge in [0.05, 0.1) is 25.1 Å². The monoisotopic (exact) mass is 381 g/mol. The lowest BCUT2D eigenvalue weighted by Crippen LogP contribution is -2.31. The predicted octanol–water partition coefficient (Wildman–Crippen LogP) is 4.25. The molecule has 1 aliphatic heterocycles. The van der Waals surface area contributed by atoms with Crippen molar-refractivity contribution in [2.24, 2.45) is 10.2 Å². The van der Waals surface area contributed by atoms with Gasteiger partial charge in [0.25, 0.3) is 0 Å². The molecule has 6 heteroatoms. The minimum absolute atomic E-state index is 0.0936. The number of benzene rings is 2. The number of thioether (sulfide) groups is 1. The Morgan fingerprint density at radius 2 is 1.93 bits per heavy atom. The lowest BCUT2D eigenvalue weighted by atomic mass is 10.1. The molecule has 0 saturated carbocycles. The molecule has 1 amide bonds. The van der Waals surface area contributed by atoms with Crippen molar-refractivity contribution in [3.8, 4) is 5.75 Å². The van der Waals surface area contributed by atoms with E-state index in [4.69, 9.17) is 4.74 Å². The number of aryl methyl sites for hydroxylation is 1. The van der Waals surface area contributed by atoms with Gasteiger partial charge in [-0.1, -0.05) is 43.0 Å². The third-order valence-corrected chi connectivity index (χ3v) is 5.78. The number of amides is 1. The molecule has 0 aliphatic carbocycles. The molecule has 3 rings (SSSR count). The quantitative estimate of drug-likeness (QED) is 0.555. The predicted molar refractivity (Wildman–Crippen MR) is 111 cm³/mol. The molecule has 2 aromatic carbocycles. The zero-order valence-corrected chi connectivity index (χ0v) is 16.6. The topological polar surface area (TPSA) is 54.3 Å². The van der Waals surface area contributed by atoms with Crippen molar-refractivity contribution in [1.82, 2.24) is 4.90 Å². The standard InChI is InChI=1S/C21H23N3O2S/c1-4-19-20(25)24(14-17-8-6-5-7-15(17)2)21(27-19)23-22-13-16-9-11-18(26-3)12-10-16/h5-13,19H,4,14H2,1-3H3/b22-13-,23-21+/t19-/m0/s1. The van der Waals surface area contributed by atoms with Crippen LogP contribution < -0.4 is 4.74 Å². The molecule has 0 aromatic heterocycles. The molecule has 1 saturated heterocycles. The second-order valence-electron chi connectivity index (χ2n) is 6.27. The maximum atomic E-state index is 12.7. The van der Waals surface area contributed by atoms with E-state index in [2.05, 4.69) is 23.2 Å². The maximum absolute atomic E-state index is 12.7. The molecule has 140 valence electrons. The first-order valence-corrected chi connectivity index (χ1v) is 9.78. The number of rotatable bonds is 6. The summed E-state index contributed by atoms with van der Waals surface area (Å²) in [5.74, 6) is 0.898. The van der Waals surface area contributed by atoms with Crippen molar-refractivity contribution in [2.45, 2.75) is 32.1 Å². The van der Waals surface area contributed by atoms with Crippen molar-refractivity contribution < 1.29 is 9.53 Å². The maximum Gasteiger partial charge on any atom is 0.242 e. The van der Waals surface area contributed by atoms with Gasteiger partial charge in [0.1, 0.15) is 5.75 Å². The fourth-order valence-electron chi connectivity index (χ4n) is 2.78. The van der Waals surface area contributed by atoms with E-state index in [0.29, 0.717) is 11.7 Å². The summed E-state index contributed by atoms with van der Waals surface area (Å²) < 4.78 is 5.15. The summed E-state index contributed by atoms with van der Waals surface area (Å²) in [5, 5.41) is 9.10. The van der Waals surface area contributed by atoms with Crippen LogP contribution in [0.3, 0.4) is 0 Å². The van der Waals surface area contributed by atoms with E-state index in [1.807, 2.05) is 49.4 Å². The Hall–Kier alpha value is -2.60. The van der Waals surface area contributed by atoms with Crippen molar-refractivity contribution in [3.63, 3.8) is 0 Å². The first-order valence-electron chi connectivity index (χ1n) is 8.90. The van der Waals surface area contributed by atoms with E-state index in [9.17, 15) is 4.79 Å². The Kier molecular flexibility index (Phi) is 6.29. The fraction of sp³-hybridized carbons (Fsp3) is 0.286. The van der Waals surface area contributed by atoms with Gasteiger partial charge in [-0.25, -0.2) is 0 Å². The van der Waals surface area contributed by atoms with Gasteiger partial charge >= 0.3 is 0 Å². The van der Waals surface area contributed by atoms with Gasteiger partial charge in [0.2, 0.25) is 5.91 Å². The van der Waals surface area contributed by atoms with Crippen LogP contribution in [0.4, 0.5) is 0 Å². The first kappa shape index (κ1) is 19.2. The minimum atomic E-state index is -0.0936. The number of amidine groups is 1. The molecule has 0 spiro atoms. The number of carbonyl (C=O) groups excluding carboxylic acids is 1. The number of methoxy groups -OCH3 is 1. The molecule has 27 heavy (non-hydrogen) atoms. The highest BCUT2D eigenvalue weighted by molar-refractivity contribution is 8.15. The largest absolute Gasteiger partial charge is 0.497 e. The SMILES string of the molecule is CC[C@@H]1S/C(=N/N=C\c2ccc(OC)cc2)N(Cc2ccccc2C)C1=O. The second kappa shape index (κ2) is 8.86. The zero-order chi connectivity index (χ0) is 19.2. The Labute approximate surface area is 164 Å². The molecule has 2 aromatic rings. The molecule has 0 N–H and O–H groups in total. The summed E-state index contributed by atoms with van der Waals surface area (Å²) in [5.41, 5.74) is 3.21. The second-order valence-corrected chi connectivity index (χ2v) is 7.44. The lowest BCUT2D eigenvalue weighted by molar-refractivity contribution is -0.126. The summed E-state index contributed by atoms with van der Waals surface area (Å²) >= 11 is 1.49. The number of hydrogen-bond donors (Lipinski definition) is 0. The number of carbonyl (C=O) groups is 1. The van der Waals surface area contributed by atoms with Gasteiger partial charge in [-0.3, -0.25) is 9.69 Å². The number of hydrogen-bond acceptors (Lipinski definition) is 5. The number of ether oxygens (including phenoxy) is 1. The zero-order valence-electron chi connectivity index (χ0n) is 15.8. The van der Waals surface area contributed by atoms with Gasteiger partial charge in [-0.15, -0.1) is 5.10 Å². The average Bonchev–Trinajstić information content (AvgIpc) is 2.99. The Bertz CT molecular complexity index is 862. The normalized spacial score (nSPS) is 18.6. The molecular weight excluding hydrogens is 358 g/mol. The van der Waals surface area contributed by atoms with Crippen LogP contribution in [0.25, 0.3) is 0 Å². The van der Waals surface area contributed by atoms with Gasteiger partial charge in [0.15, 0.2) is 5.17 Å². The highest BCUT2D eigenvalue weighted by Crippen LogP contribution is 2.31. The molecule has 1 atom stereocenters. The van der Waals surface area contributed by atoms with E-state index in [-0.39, 0.29) is 11.2 Å². The van der Waals surface area contributed by atoms with Crippen LogP contribution in [0, 0.1) is 6.92 Å². The Morgan fingerprint density at radius 3 is 2.59 bits per heavy atom. The van der Waals surface area contributed by atoms with Crippen molar-refractivity contribution >= 4 is 29.1 Å². The van der Waals surface area contributed by atoms with Crippen molar-refractivity contribution in [2.75, 3.05) is 7.11 Å². The van der Waals surface area contributed by atoms with E-state index in [1.54, 1.807) is 18.2 Å². The molecule has 0 unspecified atom stereocenters. The Balaban J connectivity index is 1.79. The molecule has 5 nitrogen and oxygen atoms in total. The van der Waals surface area contributed by atoms with Crippen molar-refractivity contribution in [3.05, 3.63) is 65.2 Å². The fourth-order valence-corrected chi connectivity index (χ4v) is 3.81. The molecule has 1 fully saturated rings. The molecule has 1 aliphatic rings. The lowest BCUT2D eigenvalue weighted by Gasteiger charge is -2.17. The van der Waals surface area contributed by atoms with Gasteiger partial charge < -0.3 is 4.74 Å². The van der Waals surface area contributed by atoms with Crippen LogP contribution in [0.1, 0.15) is 30.0 Å². The summed E-state index contributed by atoms with van der Waals surface area (Å²) in [7, 11) is 1.64. The minimum Gasteiger partial charge on any atom is -0.497 e. The smallest absolute Gasteiger partial charge is 0.242 e. The molecule has 0 bridgehead atoms. The third kappa shape index (κ3) is 4.57. The first-order chi connectivity index (χ1) is 13.1. The van der Waals surface area contributed by atoms with Crippen LogP contribution in [0.5, 0.6) is 5.75 Å². The van der Waals surface area contributed by atoms with Gasteiger partial charge in [-0.05, 0) is 54.3 Å². The average molecular weight is 382 g/mol. The van der Waals surface area contributed by atoms with Gasteiger partial charge in [-0.2, -0.15) is 5.10 Å². The summed E-state index contributed by atoms with van der Waals surface area (Å²) in [6.45, 7) is 4.59. The van der Waals surface area contributed by atoms with Crippen LogP contribution >= 0.6 is 11.8 Å². The van der Waals surface area contributed by atoms with Gasteiger partial charge in [0, 0.05) is 0 Å². The molecule has 1 heterocycles. The van der Waals surface area contributed by atoms with Crippen LogP contribution in [-0.4, -0.2) is 34.5 Å². The van der Waals surface area contributed by atoms with Crippen LogP contribution in [0.15, 0.2) is 58.7 Å². The van der Waals surface area contributed by atoms with E-state index < -0.39 is 0 Å². The van der Waals surface area contributed by atoms with E-state index in [1.165, 1.54) is 11.8 Å². The Morgan fingerprint density at radius 1 is 1.19 bits per heavy atom. The number of nitrogens with zero attached hydrogens (tertiary/aromatic N) is 3. The van der Waals surface area contributed by atoms with Crippen LogP contribution in [-0.2, 0) is 11.3 Å². The summed E-state index contributed by atoms with van der Waals surface area (Å²) in [6.07, 6.45) is 2.46. The highest BCUT2D eigenvalue weighted by atomic mass is 32.2. The highest BCUT2D eigenvalue weighted by Gasteiger charge is 2.37.